The SMILES string of the molecule is CN(CCN(C)/C(=C/c1cc(C(C)(C)C)cc(C(C)(C)C)c1O)C(=O)NN)Cc1ccc(C#N)cc1. The van der Waals surface area contributed by atoms with Crippen LogP contribution in [0.5, 0.6) is 5.75 Å². The number of hydrogen-bond acceptors (Lipinski definition) is 6. The Morgan fingerprint density at radius 2 is 1.67 bits per heavy atom. The quantitative estimate of drug-likeness (QED) is 0.221. The number of phenols is 1. The molecular formula is C29H41N5O2. The molecule has 0 aromatic heterocycles. The van der Waals surface area contributed by atoms with E-state index in [1.807, 2.05) is 49.3 Å². The molecule has 0 heterocycles. The van der Waals surface area contributed by atoms with E-state index in [1.165, 1.54) is 0 Å². The average Bonchev–Trinajstić information content (AvgIpc) is 2.80. The Bertz CT molecular complexity index is 1130. The normalized spacial score (nSPS) is 12.4. The zero-order chi connectivity index (χ0) is 27.3. The number of aromatic hydroxyl groups is 1. The van der Waals surface area contributed by atoms with E-state index < -0.39 is 5.91 Å². The van der Waals surface area contributed by atoms with Crippen LogP contribution in [0.15, 0.2) is 42.1 Å². The fraction of sp³-hybridized carbons (Fsp3) is 0.448. The van der Waals surface area contributed by atoms with Gasteiger partial charge < -0.3 is 14.9 Å². The van der Waals surface area contributed by atoms with Gasteiger partial charge in [0.25, 0.3) is 5.91 Å². The molecule has 0 atom stereocenters. The zero-order valence-corrected chi connectivity index (χ0v) is 22.9. The Balaban J connectivity index is 2.33. The molecule has 7 heteroatoms. The molecule has 0 spiro atoms. The number of rotatable bonds is 8. The van der Waals surface area contributed by atoms with Crippen molar-refractivity contribution in [3.05, 3.63) is 69.9 Å². The van der Waals surface area contributed by atoms with Gasteiger partial charge in [0.2, 0.25) is 0 Å². The maximum Gasteiger partial charge on any atom is 0.281 e. The van der Waals surface area contributed by atoms with Crippen LogP contribution in [0.4, 0.5) is 0 Å². The Kier molecular flexibility index (Phi) is 9.31. The molecule has 0 saturated heterocycles. The summed E-state index contributed by atoms with van der Waals surface area (Å²) in [6.45, 7) is 14.5. The highest BCUT2D eigenvalue weighted by molar-refractivity contribution is 5.97. The summed E-state index contributed by atoms with van der Waals surface area (Å²) in [6.07, 6.45) is 1.71. The third-order valence-corrected chi connectivity index (χ3v) is 6.23. The standard InChI is InChI=1S/C29H41N5O2/c1-28(2,3)23-15-22(26(35)24(17-23)29(4,5)6)16-25(27(36)32-31)34(8)14-13-33(7)19-21-11-9-20(18-30)10-12-21/h9-12,15-17,35H,13-14,19,31H2,1-8H3,(H,32,36)/b25-16+. The molecular weight excluding hydrogens is 450 g/mol. The maximum atomic E-state index is 12.8. The van der Waals surface area contributed by atoms with Crippen molar-refractivity contribution in [2.75, 3.05) is 27.2 Å². The van der Waals surface area contributed by atoms with Crippen LogP contribution >= 0.6 is 0 Å². The summed E-state index contributed by atoms with van der Waals surface area (Å²) in [7, 11) is 3.85. The number of likely N-dealkylation sites (N-methyl/N-ethyl adjacent to an activating group) is 2. The predicted octanol–water partition coefficient (Wildman–Crippen LogP) is 4.25. The molecule has 0 bridgehead atoms. The molecule has 2 aromatic rings. The van der Waals surface area contributed by atoms with Gasteiger partial charge in [0, 0.05) is 37.8 Å². The van der Waals surface area contributed by atoms with E-state index in [9.17, 15) is 9.90 Å². The van der Waals surface area contributed by atoms with Crippen LogP contribution in [0.25, 0.3) is 6.08 Å². The first-order chi connectivity index (χ1) is 16.7. The monoisotopic (exact) mass is 491 g/mol. The number of phenolic OH excluding ortho intramolecular Hbond substituents is 1. The van der Waals surface area contributed by atoms with Crippen LogP contribution in [0.1, 0.15) is 69.4 Å². The topological polar surface area (TPSA) is 106 Å². The lowest BCUT2D eigenvalue weighted by molar-refractivity contribution is -0.118. The Hall–Kier alpha value is -3.34. The van der Waals surface area contributed by atoms with E-state index in [2.05, 4.69) is 64.0 Å². The molecule has 0 unspecified atom stereocenters. The lowest BCUT2D eigenvalue weighted by atomic mass is 9.79. The number of hydrazine groups is 1. The van der Waals surface area contributed by atoms with Gasteiger partial charge in [0.15, 0.2) is 0 Å². The number of nitrogens with zero attached hydrogens (tertiary/aromatic N) is 3. The summed E-state index contributed by atoms with van der Waals surface area (Å²) >= 11 is 0. The first-order valence-corrected chi connectivity index (χ1v) is 12.2. The summed E-state index contributed by atoms with van der Waals surface area (Å²) in [4.78, 5) is 16.7. The number of nitrogens with one attached hydrogen (secondary N) is 1. The summed E-state index contributed by atoms with van der Waals surface area (Å²) in [6, 6.07) is 13.6. The van der Waals surface area contributed by atoms with Gasteiger partial charge >= 0.3 is 0 Å². The number of benzene rings is 2. The fourth-order valence-electron chi connectivity index (χ4n) is 3.86. The summed E-state index contributed by atoms with van der Waals surface area (Å²) < 4.78 is 0. The van der Waals surface area contributed by atoms with Crippen LogP contribution in [0.2, 0.25) is 0 Å². The number of nitrogens with two attached hydrogens (primary N) is 1. The first-order valence-electron chi connectivity index (χ1n) is 12.2. The minimum Gasteiger partial charge on any atom is -0.507 e. The van der Waals surface area contributed by atoms with E-state index in [0.29, 0.717) is 36.5 Å². The molecule has 0 radical (unpaired) electrons. The number of carbonyl (C=O) groups excluding carboxylic acids is 1. The molecule has 2 aromatic carbocycles. The second-order valence-corrected chi connectivity index (χ2v) is 11.4. The second-order valence-electron chi connectivity index (χ2n) is 11.4. The molecule has 0 aliphatic carbocycles. The molecule has 0 aliphatic rings. The molecule has 1 amide bonds. The molecule has 4 N–H and O–H groups in total. The molecule has 7 nitrogen and oxygen atoms in total. The first kappa shape index (κ1) is 28.9. The minimum atomic E-state index is -0.426. The van der Waals surface area contributed by atoms with E-state index in [-0.39, 0.29) is 16.6 Å². The lowest BCUT2D eigenvalue weighted by Crippen LogP contribution is -2.39. The predicted molar refractivity (Wildman–Crippen MR) is 146 cm³/mol. The lowest BCUT2D eigenvalue weighted by Gasteiger charge is -2.28. The summed E-state index contributed by atoms with van der Waals surface area (Å²) in [5, 5.41) is 20.1. The van der Waals surface area contributed by atoms with E-state index >= 15 is 0 Å². The molecule has 0 saturated carbocycles. The van der Waals surface area contributed by atoms with Crippen molar-refractivity contribution in [1.82, 2.24) is 15.2 Å². The molecule has 0 fully saturated rings. The molecule has 36 heavy (non-hydrogen) atoms. The van der Waals surface area contributed by atoms with Crippen molar-refractivity contribution >= 4 is 12.0 Å². The number of amides is 1. The van der Waals surface area contributed by atoms with Gasteiger partial charge in [0.05, 0.1) is 11.6 Å². The van der Waals surface area contributed by atoms with Crippen LogP contribution in [0.3, 0.4) is 0 Å². The van der Waals surface area contributed by atoms with Crippen molar-refractivity contribution in [1.29, 1.82) is 5.26 Å². The van der Waals surface area contributed by atoms with E-state index in [4.69, 9.17) is 11.1 Å². The van der Waals surface area contributed by atoms with Gasteiger partial charge in [-0.05, 0) is 53.3 Å². The van der Waals surface area contributed by atoms with E-state index in [0.717, 1.165) is 16.7 Å². The van der Waals surface area contributed by atoms with Crippen LogP contribution < -0.4 is 11.3 Å². The van der Waals surface area contributed by atoms with Crippen molar-refractivity contribution in [2.45, 2.75) is 58.9 Å². The fourth-order valence-corrected chi connectivity index (χ4v) is 3.86. The van der Waals surface area contributed by atoms with Gasteiger partial charge in [-0.3, -0.25) is 10.2 Å². The Morgan fingerprint density at radius 1 is 1.06 bits per heavy atom. The van der Waals surface area contributed by atoms with E-state index in [1.54, 1.807) is 6.08 Å². The van der Waals surface area contributed by atoms with Gasteiger partial charge in [-0.15, -0.1) is 0 Å². The number of hydrogen-bond donors (Lipinski definition) is 3. The largest absolute Gasteiger partial charge is 0.507 e. The van der Waals surface area contributed by atoms with Crippen molar-refractivity contribution in [3.8, 4) is 11.8 Å². The highest BCUT2D eigenvalue weighted by Crippen LogP contribution is 2.38. The van der Waals surface area contributed by atoms with Gasteiger partial charge in [-0.25, -0.2) is 5.84 Å². The molecule has 2 rings (SSSR count). The van der Waals surface area contributed by atoms with Crippen LogP contribution in [-0.2, 0) is 22.2 Å². The molecule has 194 valence electrons. The Morgan fingerprint density at radius 3 is 2.17 bits per heavy atom. The van der Waals surface area contributed by atoms with Gasteiger partial charge in [-0.1, -0.05) is 59.7 Å². The van der Waals surface area contributed by atoms with Crippen molar-refractivity contribution < 1.29 is 9.90 Å². The van der Waals surface area contributed by atoms with Crippen LogP contribution in [0, 0.1) is 11.3 Å². The van der Waals surface area contributed by atoms with Crippen molar-refractivity contribution in [3.63, 3.8) is 0 Å². The molecule has 0 aliphatic heterocycles. The zero-order valence-electron chi connectivity index (χ0n) is 22.9. The smallest absolute Gasteiger partial charge is 0.281 e. The average molecular weight is 492 g/mol. The third-order valence-electron chi connectivity index (χ3n) is 6.23. The third kappa shape index (κ3) is 7.58. The number of nitriles is 1. The minimum absolute atomic E-state index is 0.132. The van der Waals surface area contributed by atoms with Crippen molar-refractivity contribution in [2.24, 2.45) is 5.84 Å². The summed E-state index contributed by atoms with van der Waals surface area (Å²) in [5.41, 5.74) is 6.44. The van der Waals surface area contributed by atoms with Gasteiger partial charge in [-0.2, -0.15) is 5.26 Å². The highest BCUT2D eigenvalue weighted by atomic mass is 16.3. The Labute approximate surface area is 216 Å². The second kappa shape index (κ2) is 11.6. The van der Waals surface area contributed by atoms with Crippen LogP contribution in [-0.4, -0.2) is 48.0 Å². The highest BCUT2D eigenvalue weighted by Gasteiger charge is 2.25. The van der Waals surface area contributed by atoms with Gasteiger partial charge in [0.1, 0.15) is 11.4 Å². The summed E-state index contributed by atoms with van der Waals surface area (Å²) in [5.74, 6) is 5.26. The maximum absolute atomic E-state index is 12.8. The number of carbonyl (C=O) groups is 1.